The van der Waals surface area contributed by atoms with Crippen LogP contribution in [0.25, 0.3) is 0 Å². The molecule has 0 aromatic rings. The minimum atomic E-state index is -0.555. The molecule has 0 aromatic heterocycles. The number of esters is 1. The van der Waals surface area contributed by atoms with Gasteiger partial charge in [-0.3, -0.25) is 4.79 Å². The Morgan fingerprint density at radius 3 is 2.24 bits per heavy atom. The van der Waals surface area contributed by atoms with Crippen molar-refractivity contribution in [3.05, 3.63) is 0 Å². The Hall–Kier alpha value is -1.06. The predicted molar refractivity (Wildman–Crippen MR) is 83.8 cm³/mol. The van der Waals surface area contributed by atoms with Gasteiger partial charge in [-0.1, -0.05) is 39.5 Å². The number of ether oxygens (including phenoxy) is 1. The molecule has 21 heavy (non-hydrogen) atoms. The van der Waals surface area contributed by atoms with Crippen molar-refractivity contribution in [1.82, 2.24) is 5.32 Å². The molecule has 0 heterocycles. The summed E-state index contributed by atoms with van der Waals surface area (Å²) in [5, 5.41) is 2.85. The Bertz CT molecular complexity index is 352. The van der Waals surface area contributed by atoms with E-state index in [1.54, 1.807) is 0 Å². The van der Waals surface area contributed by atoms with Crippen LogP contribution < -0.4 is 5.32 Å². The minimum Gasteiger partial charge on any atom is -0.458 e. The van der Waals surface area contributed by atoms with E-state index in [0.29, 0.717) is 12.3 Å². The van der Waals surface area contributed by atoms with Gasteiger partial charge in [0.1, 0.15) is 11.6 Å². The first kappa shape index (κ1) is 18.0. The van der Waals surface area contributed by atoms with Crippen molar-refractivity contribution in [3.8, 4) is 0 Å². The molecular weight excluding hydrogens is 266 g/mol. The van der Waals surface area contributed by atoms with Crippen LogP contribution in [0.1, 0.15) is 73.1 Å². The molecule has 0 aromatic carbocycles. The third-order valence-electron chi connectivity index (χ3n) is 3.90. The molecule has 0 aliphatic heterocycles. The first-order valence-corrected chi connectivity index (χ1v) is 8.21. The lowest BCUT2D eigenvalue weighted by Crippen LogP contribution is -2.47. The highest BCUT2D eigenvalue weighted by Crippen LogP contribution is 2.28. The molecule has 1 aliphatic carbocycles. The van der Waals surface area contributed by atoms with Crippen molar-refractivity contribution in [1.29, 1.82) is 0 Å². The summed E-state index contributed by atoms with van der Waals surface area (Å²) < 4.78 is 5.39. The molecule has 1 fully saturated rings. The van der Waals surface area contributed by atoms with Crippen LogP contribution in [0.2, 0.25) is 0 Å². The van der Waals surface area contributed by atoms with Gasteiger partial charge in [0.2, 0.25) is 5.91 Å². The van der Waals surface area contributed by atoms with Crippen molar-refractivity contribution in [2.75, 3.05) is 0 Å². The molecule has 0 saturated heterocycles. The molecule has 0 bridgehead atoms. The average Bonchev–Trinajstić information content (AvgIpc) is 2.83. The Morgan fingerprint density at radius 2 is 1.76 bits per heavy atom. The average molecular weight is 297 g/mol. The third-order valence-corrected chi connectivity index (χ3v) is 3.90. The largest absolute Gasteiger partial charge is 0.458 e. The van der Waals surface area contributed by atoms with Crippen LogP contribution in [-0.4, -0.2) is 23.5 Å². The molecule has 4 nitrogen and oxygen atoms in total. The molecule has 1 N–H and O–H groups in total. The molecule has 0 unspecified atom stereocenters. The van der Waals surface area contributed by atoms with E-state index in [-0.39, 0.29) is 17.8 Å². The lowest BCUT2D eigenvalue weighted by atomic mass is 10.0. The number of nitrogens with one attached hydrogen (secondary N) is 1. The van der Waals surface area contributed by atoms with Gasteiger partial charge in [-0.25, -0.2) is 4.79 Å². The van der Waals surface area contributed by atoms with E-state index in [4.69, 9.17) is 4.74 Å². The summed E-state index contributed by atoms with van der Waals surface area (Å²) >= 11 is 0. The van der Waals surface area contributed by atoms with E-state index in [1.165, 1.54) is 25.7 Å². The van der Waals surface area contributed by atoms with Crippen LogP contribution in [0.15, 0.2) is 0 Å². The second-order valence-corrected chi connectivity index (χ2v) is 7.51. The maximum atomic E-state index is 12.2. The van der Waals surface area contributed by atoms with Crippen LogP contribution in [0.4, 0.5) is 0 Å². The second kappa shape index (κ2) is 7.81. The summed E-state index contributed by atoms with van der Waals surface area (Å²) in [5.41, 5.74) is -0.529. The van der Waals surface area contributed by atoms with Gasteiger partial charge in [0, 0.05) is 6.42 Å². The maximum absolute atomic E-state index is 12.2. The van der Waals surface area contributed by atoms with E-state index in [2.05, 4.69) is 5.32 Å². The van der Waals surface area contributed by atoms with E-state index >= 15 is 0 Å². The van der Waals surface area contributed by atoms with Crippen molar-refractivity contribution < 1.29 is 14.3 Å². The number of carbonyl (C=O) groups excluding carboxylic acids is 2. The monoisotopic (exact) mass is 297 g/mol. The normalized spacial score (nSPS) is 17.8. The molecule has 1 atom stereocenters. The van der Waals surface area contributed by atoms with Crippen molar-refractivity contribution in [2.45, 2.75) is 84.8 Å². The van der Waals surface area contributed by atoms with E-state index in [0.717, 1.165) is 6.42 Å². The highest BCUT2D eigenvalue weighted by atomic mass is 16.6. The van der Waals surface area contributed by atoms with E-state index in [9.17, 15) is 9.59 Å². The van der Waals surface area contributed by atoms with Gasteiger partial charge in [0.05, 0.1) is 0 Å². The van der Waals surface area contributed by atoms with Crippen molar-refractivity contribution >= 4 is 11.9 Å². The van der Waals surface area contributed by atoms with Crippen LogP contribution >= 0.6 is 0 Å². The first-order chi connectivity index (χ1) is 9.69. The van der Waals surface area contributed by atoms with Gasteiger partial charge in [0.15, 0.2) is 0 Å². The smallest absolute Gasteiger partial charge is 0.329 e. The zero-order chi connectivity index (χ0) is 16.0. The molecule has 4 heteroatoms. The topological polar surface area (TPSA) is 55.4 Å². The molecule has 1 rings (SSSR count). The van der Waals surface area contributed by atoms with Gasteiger partial charge in [0.25, 0.3) is 0 Å². The summed E-state index contributed by atoms with van der Waals surface area (Å²) in [6.45, 7) is 9.36. The highest BCUT2D eigenvalue weighted by Gasteiger charge is 2.29. The lowest BCUT2D eigenvalue weighted by molar-refractivity contribution is -0.160. The van der Waals surface area contributed by atoms with Crippen molar-refractivity contribution in [2.24, 2.45) is 11.8 Å². The minimum absolute atomic E-state index is 0.0234. The molecule has 1 saturated carbocycles. The van der Waals surface area contributed by atoms with Gasteiger partial charge in [-0.05, 0) is 39.0 Å². The quantitative estimate of drug-likeness (QED) is 0.764. The van der Waals surface area contributed by atoms with Crippen LogP contribution in [0, 0.1) is 11.8 Å². The Labute approximate surface area is 129 Å². The Balaban J connectivity index is 2.45. The van der Waals surface area contributed by atoms with Gasteiger partial charge >= 0.3 is 5.97 Å². The summed E-state index contributed by atoms with van der Waals surface area (Å²) in [6, 6.07) is -0.555. The number of rotatable bonds is 6. The van der Waals surface area contributed by atoms with Crippen LogP contribution in [0.3, 0.4) is 0 Å². The fourth-order valence-corrected chi connectivity index (χ4v) is 2.74. The van der Waals surface area contributed by atoms with Crippen LogP contribution in [0.5, 0.6) is 0 Å². The predicted octanol–water partition coefficient (Wildman–Crippen LogP) is 3.44. The Morgan fingerprint density at radius 1 is 1.19 bits per heavy atom. The van der Waals surface area contributed by atoms with Crippen LogP contribution in [-0.2, 0) is 14.3 Å². The highest BCUT2D eigenvalue weighted by molar-refractivity contribution is 5.84. The molecular formula is C17H31NO3. The molecule has 1 aliphatic rings. The first-order valence-electron chi connectivity index (χ1n) is 8.21. The standard InChI is InChI=1S/C17H31NO3/c1-12(2)15(16(20)21-17(3,4)5)18-14(19)11-10-13-8-6-7-9-13/h12-13,15H,6-11H2,1-5H3,(H,18,19)/t15-/m1/s1. The Kier molecular flexibility index (Phi) is 6.69. The second-order valence-electron chi connectivity index (χ2n) is 7.51. The van der Waals surface area contributed by atoms with E-state index in [1.807, 2.05) is 34.6 Å². The zero-order valence-corrected chi connectivity index (χ0v) is 14.2. The molecule has 0 spiro atoms. The fraction of sp³-hybridized carbons (Fsp3) is 0.882. The lowest BCUT2D eigenvalue weighted by Gasteiger charge is -2.26. The summed E-state index contributed by atoms with van der Waals surface area (Å²) in [5.74, 6) is 0.336. The van der Waals surface area contributed by atoms with Gasteiger partial charge in [-0.2, -0.15) is 0 Å². The molecule has 1 amide bonds. The summed E-state index contributed by atoms with van der Waals surface area (Å²) in [7, 11) is 0. The number of hydrogen-bond acceptors (Lipinski definition) is 3. The SMILES string of the molecule is CC(C)[C@@H](NC(=O)CCC1CCCC1)C(=O)OC(C)(C)C. The number of hydrogen-bond donors (Lipinski definition) is 1. The fourth-order valence-electron chi connectivity index (χ4n) is 2.74. The summed E-state index contributed by atoms with van der Waals surface area (Å²) in [6.07, 6.45) is 6.51. The molecule has 122 valence electrons. The van der Waals surface area contributed by atoms with Crippen molar-refractivity contribution in [3.63, 3.8) is 0 Å². The number of carbonyl (C=O) groups is 2. The summed E-state index contributed by atoms with van der Waals surface area (Å²) in [4.78, 5) is 24.2. The van der Waals surface area contributed by atoms with Gasteiger partial charge in [-0.15, -0.1) is 0 Å². The van der Waals surface area contributed by atoms with Gasteiger partial charge < -0.3 is 10.1 Å². The zero-order valence-electron chi connectivity index (χ0n) is 14.2. The molecule has 0 radical (unpaired) electrons. The third kappa shape index (κ3) is 6.96. The maximum Gasteiger partial charge on any atom is 0.329 e. The van der Waals surface area contributed by atoms with E-state index < -0.39 is 11.6 Å². The number of amides is 1.